The molecule has 0 radical (unpaired) electrons. The second kappa shape index (κ2) is 3.70. The van der Waals surface area contributed by atoms with Gasteiger partial charge in [-0.1, -0.05) is 20.3 Å². The van der Waals surface area contributed by atoms with Crippen molar-refractivity contribution in [2.75, 3.05) is 0 Å². The summed E-state index contributed by atoms with van der Waals surface area (Å²) in [4.78, 5) is 10.1. The van der Waals surface area contributed by atoms with E-state index in [1.54, 1.807) is 0 Å². The molecule has 0 aromatic rings. The van der Waals surface area contributed by atoms with Gasteiger partial charge in [0.2, 0.25) is 0 Å². The van der Waals surface area contributed by atoms with Crippen LogP contribution in [0.1, 0.15) is 20.3 Å². The Morgan fingerprint density at radius 1 is 1.75 bits per heavy atom. The second-order valence-corrected chi connectivity index (χ2v) is 2.38. The molecule has 0 heterocycles. The van der Waals surface area contributed by atoms with Gasteiger partial charge in [-0.3, -0.25) is 0 Å². The van der Waals surface area contributed by atoms with E-state index in [1.165, 1.54) is 0 Å². The van der Waals surface area contributed by atoms with Crippen LogP contribution in [0.25, 0.3) is 0 Å². The van der Waals surface area contributed by atoms with Gasteiger partial charge in [0.25, 0.3) is 0 Å². The molecular weight excluding hydrogens is 98.9 g/mol. The lowest BCUT2D eigenvalue weighted by molar-refractivity contribution is -0.108. The predicted molar refractivity (Wildman–Crippen MR) is 37.8 cm³/mol. The molecule has 0 aromatic heterocycles. The summed E-state index contributed by atoms with van der Waals surface area (Å²) in [6.07, 6.45) is 2.12. The fourth-order valence-electron chi connectivity index (χ4n) is 0.506. The Kier molecular flexibility index (Phi) is 3.58. The highest BCUT2D eigenvalue weighted by molar-refractivity contribution is 6.19. The third-order valence-electron chi connectivity index (χ3n) is 1.76. The maximum absolute atomic E-state index is 10.1. The normalized spacial score (nSPS) is 17.2. The molecule has 8 heavy (non-hydrogen) atoms. The predicted octanol–water partition coefficient (Wildman–Crippen LogP) is 0.653. The lowest BCUT2D eigenvalue weighted by Gasteiger charge is -2.09. The van der Waals surface area contributed by atoms with Crippen molar-refractivity contribution in [2.45, 2.75) is 26.1 Å². The molecule has 46 valence electrons. The fraction of sp³-hybridized carbons (Fsp3) is 0.833. The summed E-state index contributed by atoms with van der Waals surface area (Å²) in [7, 11) is 1.96. The van der Waals surface area contributed by atoms with Gasteiger partial charge < -0.3 is 4.79 Å². The first kappa shape index (κ1) is 7.73. The van der Waals surface area contributed by atoms with E-state index in [9.17, 15) is 4.79 Å². The molecule has 0 saturated carbocycles. The zero-order chi connectivity index (χ0) is 6.57. The Bertz CT molecular complexity index is 72.9. The molecule has 0 fully saturated rings. The number of hydrogen-bond acceptors (Lipinski definition) is 1. The van der Waals surface area contributed by atoms with Crippen LogP contribution in [0.5, 0.6) is 0 Å². The van der Waals surface area contributed by atoms with Gasteiger partial charge in [-0.25, -0.2) is 0 Å². The maximum Gasteiger partial charge on any atom is 0.115 e. The van der Waals surface area contributed by atoms with Crippen molar-refractivity contribution in [3.05, 3.63) is 0 Å². The molecule has 2 unspecified atom stereocenters. The summed E-state index contributed by atoms with van der Waals surface area (Å²) in [5.74, 6) is 0.785. The number of aldehydes is 1. The number of rotatable bonds is 3. The van der Waals surface area contributed by atoms with Gasteiger partial charge in [0.15, 0.2) is 0 Å². The van der Waals surface area contributed by atoms with Gasteiger partial charge in [0.1, 0.15) is 14.1 Å². The van der Waals surface area contributed by atoms with E-state index in [0.717, 1.165) is 12.7 Å². The molecule has 1 nitrogen and oxygen atoms in total. The highest BCUT2D eigenvalue weighted by atomic mass is 16.1. The zero-order valence-corrected chi connectivity index (χ0v) is 5.85. The largest absolute Gasteiger partial charge is 0.304 e. The molecule has 0 N–H and O–H groups in total. The standard InChI is InChI=1S/C6H13BO/c1-3-5(2)6(7)4-8/h4-6H,3,7H2,1-2H3. The molecular formula is C6H13BO. The van der Waals surface area contributed by atoms with Gasteiger partial charge in [-0.05, 0) is 11.7 Å². The molecule has 2 heteroatoms. The minimum Gasteiger partial charge on any atom is -0.304 e. The number of carbonyl (C=O) groups excluding carboxylic acids is 1. The number of carbonyl (C=O) groups is 1. The van der Waals surface area contributed by atoms with Crippen molar-refractivity contribution in [1.29, 1.82) is 0 Å². The van der Waals surface area contributed by atoms with E-state index in [0.29, 0.717) is 5.92 Å². The summed E-state index contributed by atoms with van der Waals surface area (Å²) in [6.45, 7) is 4.20. The SMILES string of the molecule is BC(C=O)C(C)CC. The first-order chi connectivity index (χ1) is 3.72. The minimum atomic E-state index is 0.236. The van der Waals surface area contributed by atoms with Crippen LogP contribution in [0.2, 0.25) is 5.82 Å². The number of hydrogen-bond donors (Lipinski definition) is 0. The third-order valence-corrected chi connectivity index (χ3v) is 1.76. The van der Waals surface area contributed by atoms with Crippen molar-refractivity contribution in [3.63, 3.8) is 0 Å². The molecule has 0 saturated heterocycles. The molecule has 0 rings (SSSR count). The van der Waals surface area contributed by atoms with E-state index in [1.807, 2.05) is 7.85 Å². The molecule has 0 bridgehead atoms. The van der Waals surface area contributed by atoms with E-state index >= 15 is 0 Å². The minimum absolute atomic E-state index is 0.236. The highest BCUT2D eigenvalue weighted by Gasteiger charge is 2.06. The summed E-state index contributed by atoms with van der Waals surface area (Å²) < 4.78 is 0. The Balaban J connectivity index is 3.44. The zero-order valence-electron chi connectivity index (χ0n) is 5.85. The molecule has 2 atom stereocenters. The third kappa shape index (κ3) is 2.15. The van der Waals surface area contributed by atoms with Crippen LogP contribution in [0, 0.1) is 5.92 Å². The summed E-state index contributed by atoms with van der Waals surface area (Å²) in [5.41, 5.74) is 0. The van der Waals surface area contributed by atoms with Crippen LogP contribution >= 0.6 is 0 Å². The van der Waals surface area contributed by atoms with Crippen molar-refractivity contribution < 1.29 is 4.79 Å². The van der Waals surface area contributed by atoms with E-state index in [2.05, 4.69) is 13.8 Å². The smallest absolute Gasteiger partial charge is 0.115 e. The molecule has 0 aromatic carbocycles. The van der Waals surface area contributed by atoms with Gasteiger partial charge in [-0.15, -0.1) is 0 Å². The maximum atomic E-state index is 10.1. The van der Waals surface area contributed by atoms with Crippen LogP contribution in [-0.4, -0.2) is 14.1 Å². The van der Waals surface area contributed by atoms with Crippen LogP contribution in [0.4, 0.5) is 0 Å². The Hall–Kier alpha value is -0.265. The molecule has 0 aliphatic rings. The average Bonchev–Trinajstić information content (AvgIpc) is 1.84. The Labute approximate surface area is 51.9 Å². The molecule has 0 amide bonds. The van der Waals surface area contributed by atoms with Gasteiger partial charge in [0, 0.05) is 0 Å². The summed E-state index contributed by atoms with van der Waals surface area (Å²) >= 11 is 0. The summed E-state index contributed by atoms with van der Waals surface area (Å²) in [5, 5.41) is 0. The van der Waals surface area contributed by atoms with Crippen molar-refractivity contribution in [2.24, 2.45) is 5.92 Å². The molecule has 0 aliphatic carbocycles. The van der Waals surface area contributed by atoms with Gasteiger partial charge in [0.05, 0.1) is 0 Å². The van der Waals surface area contributed by atoms with E-state index in [-0.39, 0.29) is 5.82 Å². The Morgan fingerprint density at radius 3 is 2.38 bits per heavy atom. The highest BCUT2D eigenvalue weighted by Crippen LogP contribution is 2.13. The monoisotopic (exact) mass is 112 g/mol. The first-order valence-electron chi connectivity index (χ1n) is 3.17. The van der Waals surface area contributed by atoms with E-state index in [4.69, 9.17) is 0 Å². The Morgan fingerprint density at radius 2 is 2.25 bits per heavy atom. The van der Waals surface area contributed by atoms with Crippen molar-refractivity contribution in [3.8, 4) is 0 Å². The van der Waals surface area contributed by atoms with Crippen LogP contribution < -0.4 is 0 Å². The first-order valence-corrected chi connectivity index (χ1v) is 3.17. The average molecular weight is 112 g/mol. The van der Waals surface area contributed by atoms with Gasteiger partial charge in [-0.2, -0.15) is 0 Å². The lowest BCUT2D eigenvalue weighted by atomic mass is 9.77. The molecule has 0 spiro atoms. The van der Waals surface area contributed by atoms with Crippen molar-refractivity contribution in [1.82, 2.24) is 0 Å². The summed E-state index contributed by atoms with van der Waals surface area (Å²) in [6, 6.07) is 0. The van der Waals surface area contributed by atoms with Crippen molar-refractivity contribution >= 4 is 14.1 Å². The second-order valence-electron chi connectivity index (χ2n) is 2.38. The topological polar surface area (TPSA) is 17.1 Å². The van der Waals surface area contributed by atoms with Crippen LogP contribution in [-0.2, 0) is 4.79 Å². The van der Waals surface area contributed by atoms with E-state index < -0.39 is 0 Å². The van der Waals surface area contributed by atoms with Gasteiger partial charge >= 0.3 is 0 Å². The van der Waals surface area contributed by atoms with Crippen LogP contribution in [0.3, 0.4) is 0 Å². The van der Waals surface area contributed by atoms with Crippen LogP contribution in [0.15, 0.2) is 0 Å². The molecule has 0 aliphatic heterocycles. The fourth-order valence-corrected chi connectivity index (χ4v) is 0.506. The quantitative estimate of drug-likeness (QED) is 0.387. The lowest BCUT2D eigenvalue weighted by Crippen LogP contribution is -2.04.